The minimum absolute atomic E-state index is 0.0807. The molecular weight excluding hydrogens is 224 g/mol. The van der Waals surface area contributed by atoms with Gasteiger partial charge in [-0.1, -0.05) is 0 Å². The maximum atomic E-state index is 10.5. The Hall–Kier alpha value is -1.62. The first-order valence-electron chi connectivity index (χ1n) is 4.97. The molecule has 0 bridgehead atoms. The lowest BCUT2D eigenvalue weighted by Crippen LogP contribution is -2.19. The van der Waals surface area contributed by atoms with Crippen molar-refractivity contribution in [3.05, 3.63) is 23.7 Å². The Labute approximate surface area is 96.9 Å². The molecule has 0 spiro atoms. The summed E-state index contributed by atoms with van der Waals surface area (Å²) in [5.74, 6) is -0.793. The SMILES string of the molecule is CC(CC(=O)O)Nc1ccc2ncsc2c1. The lowest BCUT2D eigenvalue weighted by Gasteiger charge is -2.12. The van der Waals surface area contributed by atoms with Gasteiger partial charge in [0.15, 0.2) is 0 Å². The van der Waals surface area contributed by atoms with Crippen molar-refractivity contribution in [3.63, 3.8) is 0 Å². The summed E-state index contributed by atoms with van der Waals surface area (Å²) in [6.07, 6.45) is 0.112. The molecule has 0 aliphatic carbocycles. The molecule has 0 radical (unpaired) electrons. The van der Waals surface area contributed by atoms with E-state index in [1.807, 2.05) is 25.1 Å². The number of hydrogen-bond acceptors (Lipinski definition) is 4. The minimum atomic E-state index is -0.793. The third-order valence-electron chi connectivity index (χ3n) is 2.23. The molecule has 0 saturated carbocycles. The molecule has 0 saturated heterocycles. The molecule has 16 heavy (non-hydrogen) atoms. The molecule has 0 aliphatic heterocycles. The summed E-state index contributed by atoms with van der Waals surface area (Å²) in [6.45, 7) is 1.85. The van der Waals surface area contributed by atoms with E-state index in [4.69, 9.17) is 5.11 Å². The van der Waals surface area contributed by atoms with E-state index in [0.717, 1.165) is 15.9 Å². The van der Waals surface area contributed by atoms with E-state index in [-0.39, 0.29) is 12.5 Å². The van der Waals surface area contributed by atoms with E-state index < -0.39 is 5.97 Å². The summed E-state index contributed by atoms with van der Waals surface area (Å²) in [4.78, 5) is 14.7. The van der Waals surface area contributed by atoms with Gasteiger partial charge in [-0.15, -0.1) is 11.3 Å². The molecule has 1 atom stereocenters. The van der Waals surface area contributed by atoms with Crippen LogP contribution in [0.15, 0.2) is 23.7 Å². The van der Waals surface area contributed by atoms with Gasteiger partial charge in [-0.3, -0.25) is 4.79 Å². The average molecular weight is 236 g/mol. The van der Waals surface area contributed by atoms with Crippen molar-refractivity contribution in [2.24, 2.45) is 0 Å². The number of carbonyl (C=O) groups is 1. The second-order valence-corrected chi connectivity index (χ2v) is 4.56. The molecule has 0 aliphatic rings. The van der Waals surface area contributed by atoms with Crippen LogP contribution in [0.2, 0.25) is 0 Å². The molecule has 0 fully saturated rings. The minimum Gasteiger partial charge on any atom is -0.481 e. The van der Waals surface area contributed by atoms with Gasteiger partial charge in [0.25, 0.3) is 0 Å². The van der Waals surface area contributed by atoms with Crippen molar-refractivity contribution < 1.29 is 9.90 Å². The molecule has 0 amide bonds. The molecule has 1 heterocycles. The highest BCUT2D eigenvalue weighted by atomic mass is 32.1. The molecule has 1 aromatic carbocycles. The Bertz CT molecular complexity index is 509. The van der Waals surface area contributed by atoms with Crippen LogP contribution in [0.4, 0.5) is 5.69 Å². The summed E-state index contributed by atoms with van der Waals surface area (Å²) in [7, 11) is 0. The lowest BCUT2D eigenvalue weighted by molar-refractivity contribution is -0.137. The Kier molecular flexibility index (Phi) is 3.05. The van der Waals surface area contributed by atoms with E-state index >= 15 is 0 Å². The fourth-order valence-corrected chi connectivity index (χ4v) is 2.26. The largest absolute Gasteiger partial charge is 0.481 e. The van der Waals surface area contributed by atoms with Crippen LogP contribution >= 0.6 is 11.3 Å². The van der Waals surface area contributed by atoms with Crippen LogP contribution in [0, 0.1) is 0 Å². The molecule has 1 unspecified atom stereocenters. The first kappa shape index (κ1) is 10.9. The van der Waals surface area contributed by atoms with Gasteiger partial charge in [0.2, 0.25) is 0 Å². The first-order chi connectivity index (χ1) is 7.65. The van der Waals surface area contributed by atoms with Crippen LogP contribution in [0.5, 0.6) is 0 Å². The standard InChI is InChI=1S/C11H12N2O2S/c1-7(4-11(14)15)13-8-2-3-9-10(5-8)16-6-12-9/h2-3,5-7,13H,4H2,1H3,(H,14,15). The van der Waals surface area contributed by atoms with Gasteiger partial charge in [-0.25, -0.2) is 4.98 Å². The number of carboxylic acids is 1. The highest BCUT2D eigenvalue weighted by Crippen LogP contribution is 2.22. The van der Waals surface area contributed by atoms with Crippen molar-refractivity contribution in [2.75, 3.05) is 5.32 Å². The van der Waals surface area contributed by atoms with Crippen molar-refractivity contribution in [3.8, 4) is 0 Å². The van der Waals surface area contributed by atoms with Gasteiger partial charge in [0.1, 0.15) is 0 Å². The third kappa shape index (κ3) is 2.49. The van der Waals surface area contributed by atoms with Gasteiger partial charge < -0.3 is 10.4 Å². The first-order valence-corrected chi connectivity index (χ1v) is 5.84. The van der Waals surface area contributed by atoms with E-state index in [9.17, 15) is 4.79 Å². The summed E-state index contributed by atoms with van der Waals surface area (Å²) in [5, 5.41) is 11.8. The molecule has 1 aromatic heterocycles. The molecular formula is C11H12N2O2S. The van der Waals surface area contributed by atoms with Crippen LogP contribution in [0.1, 0.15) is 13.3 Å². The normalized spacial score (nSPS) is 12.6. The van der Waals surface area contributed by atoms with Gasteiger partial charge in [-0.2, -0.15) is 0 Å². The fraction of sp³-hybridized carbons (Fsp3) is 0.273. The molecule has 5 heteroatoms. The number of hydrogen-bond donors (Lipinski definition) is 2. The molecule has 84 valence electrons. The van der Waals surface area contributed by atoms with Crippen LogP contribution in [-0.2, 0) is 4.79 Å². The number of nitrogens with one attached hydrogen (secondary N) is 1. The van der Waals surface area contributed by atoms with Crippen LogP contribution in [0.3, 0.4) is 0 Å². The summed E-state index contributed by atoms with van der Waals surface area (Å²) in [6, 6.07) is 5.76. The van der Waals surface area contributed by atoms with Crippen molar-refractivity contribution >= 4 is 33.2 Å². The van der Waals surface area contributed by atoms with Crippen molar-refractivity contribution in [1.82, 2.24) is 4.98 Å². The average Bonchev–Trinajstić information content (AvgIpc) is 2.63. The second kappa shape index (κ2) is 4.49. The predicted molar refractivity (Wildman–Crippen MR) is 65.0 cm³/mol. The van der Waals surface area contributed by atoms with Gasteiger partial charge in [0.05, 0.1) is 22.1 Å². The Morgan fingerprint density at radius 3 is 3.19 bits per heavy atom. The van der Waals surface area contributed by atoms with Crippen LogP contribution in [0.25, 0.3) is 10.2 Å². The predicted octanol–water partition coefficient (Wildman–Crippen LogP) is 2.57. The summed E-state index contributed by atoms with van der Waals surface area (Å²) in [5.41, 5.74) is 3.71. The number of fused-ring (bicyclic) bond motifs is 1. The topological polar surface area (TPSA) is 62.2 Å². The van der Waals surface area contributed by atoms with Gasteiger partial charge in [0, 0.05) is 11.7 Å². The zero-order valence-electron chi connectivity index (χ0n) is 8.80. The summed E-state index contributed by atoms with van der Waals surface area (Å²) >= 11 is 1.58. The molecule has 2 aromatic rings. The van der Waals surface area contributed by atoms with E-state index in [2.05, 4.69) is 10.3 Å². The van der Waals surface area contributed by atoms with Crippen molar-refractivity contribution in [2.45, 2.75) is 19.4 Å². The molecule has 2 N–H and O–H groups in total. The quantitative estimate of drug-likeness (QED) is 0.856. The zero-order chi connectivity index (χ0) is 11.5. The number of aromatic nitrogens is 1. The monoisotopic (exact) mass is 236 g/mol. The lowest BCUT2D eigenvalue weighted by atomic mass is 10.2. The smallest absolute Gasteiger partial charge is 0.305 e. The highest BCUT2D eigenvalue weighted by Gasteiger charge is 2.07. The number of aliphatic carboxylic acids is 1. The number of benzene rings is 1. The molecule has 4 nitrogen and oxygen atoms in total. The maximum absolute atomic E-state index is 10.5. The van der Waals surface area contributed by atoms with Gasteiger partial charge >= 0.3 is 5.97 Å². The second-order valence-electron chi connectivity index (χ2n) is 3.68. The van der Waals surface area contributed by atoms with Crippen molar-refractivity contribution in [1.29, 1.82) is 0 Å². The zero-order valence-corrected chi connectivity index (χ0v) is 9.62. The van der Waals surface area contributed by atoms with Crippen LogP contribution in [-0.4, -0.2) is 22.1 Å². The number of carboxylic acid groups (broad SMARTS) is 1. The van der Waals surface area contributed by atoms with Crippen LogP contribution < -0.4 is 5.32 Å². The Morgan fingerprint density at radius 2 is 2.44 bits per heavy atom. The highest BCUT2D eigenvalue weighted by molar-refractivity contribution is 7.16. The number of thiazole rings is 1. The number of nitrogens with zero attached hydrogens (tertiary/aromatic N) is 1. The third-order valence-corrected chi connectivity index (χ3v) is 3.02. The Balaban J connectivity index is 2.11. The fourth-order valence-electron chi connectivity index (χ4n) is 1.54. The summed E-state index contributed by atoms with van der Waals surface area (Å²) < 4.78 is 1.10. The maximum Gasteiger partial charge on any atom is 0.305 e. The van der Waals surface area contributed by atoms with Gasteiger partial charge in [-0.05, 0) is 25.1 Å². The van der Waals surface area contributed by atoms with E-state index in [1.165, 1.54) is 0 Å². The molecule has 2 rings (SSSR count). The van der Waals surface area contributed by atoms with E-state index in [0.29, 0.717) is 0 Å². The number of rotatable bonds is 4. The Morgan fingerprint density at radius 1 is 1.62 bits per heavy atom. The van der Waals surface area contributed by atoms with E-state index in [1.54, 1.807) is 16.8 Å². The number of anilines is 1.